The zero-order valence-corrected chi connectivity index (χ0v) is 36.3. The van der Waals surface area contributed by atoms with Gasteiger partial charge in [-0.3, -0.25) is 14.3 Å². The van der Waals surface area contributed by atoms with Crippen molar-refractivity contribution in [3.8, 4) is 0 Å². The van der Waals surface area contributed by atoms with Crippen LogP contribution in [0, 0.1) is 4.78 Å². The highest BCUT2D eigenvalue weighted by atomic mass is 35.5. The van der Waals surface area contributed by atoms with Crippen LogP contribution in [-0.4, -0.2) is 64.1 Å². The Morgan fingerprint density at radius 2 is 1.15 bits per heavy atom. The lowest BCUT2D eigenvalue weighted by Crippen LogP contribution is -2.52. The summed E-state index contributed by atoms with van der Waals surface area (Å²) in [7, 11) is -3.94. The number of urea groups is 2. The summed E-state index contributed by atoms with van der Waals surface area (Å²) in [6.45, 7) is 4.59. The van der Waals surface area contributed by atoms with Crippen LogP contribution in [0.4, 0.5) is 21.0 Å². The van der Waals surface area contributed by atoms with Crippen LogP contribution in [0.5, 0.6) is 0 Å². The Labute approximate surface area is 350 Å². The molecule has 314 valence electrons. The van der Waals surface area contributed by atoms with Crippen molar-refractivity contribution in [2.75, 3.05) is 23.7 Å². The second-order valence-electron chi connectivity index (χ2n) is 16.7. The zero-order chi connectivity index (χ0) is 41.4. The number of hydrogen-bond donors (Lipinski definition) is 5. The number of nitrogens with zero attached hydrogens (tertiary/aromatic N) is 6. The van der Waals surface area contributed by atoms with E-state index >= 15 is 0 Å². The molecular weight excluding hydrogens is 810 g/mol. The molecule has 5 N–H and O–H groups in total. The Balaban J connectivity index is 0.904. The standard InChI is InChI=1S/C41H52ClN11O4S2/c1-23(42)34-19-37(47-51(34)3)59(57,50-41(55)45-39-32-15-7-11-27(32)18-28-12-8-16-33(28)39)48-29-21-53(22-29)24(2)35-20-36(46-52(35)4)58(43,56)49-40(54)44-38-30-13-5-9-25(30)17-26-10-6-14-31(26)38/h17-20,23-24,29H,5-16,21-22H2,1-4H3,(H3,43,44,49,54,56)(H2,45,48,50,55,57). The number of amides is 4. The van der Waals surface area contributed by atoms with Gasteiger partial charge in [-0.1, -0.05) is 12.1 Å². The predicted molar refractivity (Wildman–Crippen MR) is 228 cm³/mol. The zero-order valence-electron chi connectivity index (χ0n) is 34.0. The molecule has 0 spiro atoms. The lowest BCUT2D eigenvalue weighted by Gasteiger charge is -2.41. The quantitative estimate of drug-likeness (QED) is 0.112. The first-order chi connectivity index (χ1) is 28.2. The topological polar surface area (TPSA) is 191 Å². The van der Waals surface area contributed by atoms with Crippen LogP contribution < -0.4 is 20.1 Å². The molecule has 1 fully saturated rings. The number of halogens is 1. The van der Waals surface area contributed by atoms with E-state index in [-0.39, 0.29) is 16.1 Å². The fourth-order valence-electron chi connectivity index (χ4n) is 9.87. The van der Waals surface area contributed by atoms with Gasteiger partial charge in [-0.2, -0.15) is 10.2 Å². The summed E-state index contributed by atoms with van der Waals surface area (Å²) < 4.78 is 50.4. The van der Waals surface area contributed by atoms with Crippen molar-refractivity contribution >= 4 is 54.9 Å². The van der Waals surface area contributed by atoms with Crippen molar-refractivity contribution in [1.29, 1.82) is 4.78 Å². The molecule has 4 aromatic rings. The molecule has 4 aliphatic carbocycles. The molecule has 2 aromatic carbocycles. The molecule has 2 aromatic heterocycles. The van der Waals surface area contributed by atoms with Crippen LogP contribution in [0.15, 0.2) is 38.7 Å². The van der Waals surface area contributed by atoms with Crippen LogP contribution in [-0.2, 0) is 85.3 Å². The number of rotatable bonds is 10. The smallest absolute Gasteiger partial charge is 0.307 e. The minimum atomic E-state index is -3.81. The first-order valence-electron chi connectivity index (χ1n) is 20.7. The van der Waals surface area contributed by atoms with Crippen LogP contribution >= 0.6 is 11.6 Å². The number of aryl methyl sites for hydroxylation is 6. The van der Waals surface area contributed by atoms with Gasteiger partial charge in [0.15, 0.2) is 29.9 Å². The van der Waals surface area contributed by atoms with Crippen molar-refractivity contribution in [2.24, 2.45) is 18.5 Å². The first-order valence-corrected chi connectivity index (χ1v) is 24.2. The van der Waals surface area contributed by atoms with Crippen LogP contribution in [0.3, 0.4) is 0 Å². The lowest BCUT2D eigenvalue weighted by atomic mass is 9.99. The highest BCUT2D eigenvalue weighted by molar-refractivity contribution is 7.92. The molecule has 18 heteroatoms. The molecular formula is C41H52ClN11O4S2. The Bertz CT molecular complexity index is 2570. The van der Waals surface area contributed by atoms with E-state index in [9.17, 15) is 18.0 Å². The Morgan fingerprint density at radius 3 is 1.63 bits per heavy atom. The van der Waals surface area contributed by atoms with E-state index in [1.165, 1.54) is 33.4 Å². The molecule has 5 aliphatic rings. The Hall–Kier alpha value is -4.45. The van der Waals surface area contributed by atoms with Gasteiger partial charge in [0.2, 0.25) is 0 Å². The molecule has 0 saturated carbocycles. The number of carbonyl (C=O) groups is 2. The Kier molecular flexibility index (Phi) is 10.3. The molecule has 4 amide bonds. The molecule has 4 atom stereocenters. The van der Waals surface area contributed by atoms with Crippen molar-refractivity contribution < 1.29 is 18.0 Å². The minimum absolute atomic E-state index is 0.0466. The summed E-state index contributed by atoms with van der Waals surface area (Å²) in [5.41, 5.74) is 12.7. The van der Waals surface area contributed by atoms with Crippen molar-refractivity contribution in [1.82, 2.24) is 33.9 Å². The maximum absolute atomic E-state index is 14.9. The molecule has 1 aliphatic heterocycles. The number of nitrogens with one attached hydrogen (secondary N) is 5. The summed E-state index contributed by atoms with van der Waals surface area (Å²) >= 11 is 6.43. The van der Waals surface area contributed by atoms with Crippen LogP contribution in [0.1, 0.15) is 107 Å². The summed E-state index contributed by atoms with van der Waals surface area (Å²) in [4.78, 5) is 29.2. The number of aromatic nitrogens is 4. The molecule has 0 radical (unpaired) electrons. The van der Waals surface area contributed by atoms with E-state index in [0.29, 0.717) is 24.5 Å². The maximum Gasteiger partial charge on any atom is 0.332 e. The minimum Gasteiger partial charge on any atom is -0.307 e. The van der Waals surface area contributed by atoms with Crippen LogP contribution in [0.25, 0.3) is 0 Å². The third-order valence-electron chi connectivity index (χ3n) is 12.8. The number of anilines is 2. The van der Waals surface area contributed by atoms with E-state index in [1.807, 2.05) is 6.92 Å². The van der Waals surface area contributed by atoms with Crippen LogP contribution in [0.2, 0.25) is 0 Å². The van der Waals surface area contributed by atoms with Gasteiger partial charge in [-0.05, 0) is 135 Å². The first kappa shape index (κ1) is 40.0. The second kappa shape index (κ2) is 15.2. The van der Waals surface area contributed by atoms with E-state index in [0.717, 1.165) is 99.6 Å². The van der Waals surface area contributed by atoms with Gasteiger partial charge < -0.3 is 10.6 Å². The third-order valence-corrected chi connectivity index (χ3v) is 16.1. The molecule has 3 heterocycles. The SMILES string of the molecule is CC(Cl)c1cc(S(=O)(=NC2CN(C(C)c3cc(S(=N)(=O)NC(=O)Nc4c5c(cc6c4CCC6)CCC5)nn3C)C2)NC(=O)Nc2c3c(cc4c2CCC4)CCC3)nn1C. The highest BCUT2D eigenvalue weighted by Crippen LogP contribution is 2.40. The summed E-state index contributed by atoms with van der Waals surface area (Å²) in [5, 5.41) is 14.7. The van der Waals surface area contributed by atoms with Gasteiger partial charge in [0.25, 0.3) is 0 Å². The number of carbonyl (C=O) groups excluding carboxylic acids is 2. The Morgan fingerprint density at radius 1 is 0.712 bits per heavy atom. The van der Waals surface area contributed by atoms with Gasteiger partial charge in [0, 0.05) is 56.7 Å². The van der Waals surface area contributed by atoms with Crippen molar-refractivity contribution in [3.05, 3.63) is 80.2 Å². The largest absolute Gasteiger partial charge is 0.332 e. The number of benzene rings is 2. The fourth-order valence-corrected chi connectivity index (χ4v) is 12.6. The molecule has 15 nitrogen and oxygen atoms in total. The third kappa shape index (κ3) is 7.41. The van der Waals surface area contributed by atoms with Gasteiger partial charge in [0.05, 0.1) is 22.8 Å². The fraction of sp³-hybridized carbons (Fsp3) is 0.512. The molecule has 9 rings (SSSR count). The highest BCUT2D eigenvalue weighted by Gasteiger charge is 2.36. The maximum atomic E-state index is 14.9. The van der Waals surface area contributed by atoms with Gasteiger partial charge >= 0.3 is 12.1 Å². The average molecular weight is 863 g/mol. The van der Waals surface area contributed by atoms with E-state index in [4.69, 9.17) is 20.7 Å². The monoisotopic (exact) mass is 861 g/mol. The molecule has 59 heavy (non-hydrogen) atoms. The van der Waals surface area contributed by atoms with Gasteiger partial charge in [0.1, 0.15) is 0 Å². The van der Waals surface area contributed by atoms with Crippen molar-refractivity contribution in [3.63, 3.8) is 0 Å². The lowest BCUT2D eigenvalue weighted by molar-refractivity contribution is 0.101. The number of likely N-dealkylation sites (tertiary alicyclic amines) is 1. The van der Waals surface area contributed by atoms with Gasteiger partial charge in [-0.25, -0.2) is 36.6 Å². The number of hydrogen-bond acceptors (Lipinski definition) is 9. The van der Waals surface area contributed by atoms with E-state index in [1.54, 1.807) is 42.5 Å². The van der Waals surface area contributed by atoms with Crippen molar-refractivity contribution in [2.45, 2.75) is 118 Å². The normalized spacial score (nSPS) is 20.0. The second-order valence-corrected chi connectivity index (χ2v) is 21.0. The molecule has 1 saturated heterocycles. The number of fused-ring (bicyclic) bond motifs is 4. The number of alkyl halides is 1. The van der Waals surface area contributed by atoms with E-state index < -0.39 is 43.3 Å². The molecule has 0 bridgehead atoms. The van der Waals surface area contributed by atoms with Gasteiger partial charge in [-0.15, -0.1) is 11.6 Å². The summed E-state index contributed by atoms with van der Waals surface area (Å²) in [6.07, 6.45) is 11.7. The average Bonchev–Trinajstić information content (AvgIpc) is 4.00. The predicted octanol–water partition coefficient (Wildman–Crippen LogP) is 6.56. The summed E-state index contributed by atoms with van der Waals surface area (Å²) in [6, 6.07) is 5.87. The van der Waals surface area contributed by atoms with E-state index in [2.05, 4.69) is 47.3 Å². The molecule has 4 unspecified atom stereocenters. The summed E-state index contributed by atoms with van der Waals surface area (Å²) in [5.74, 6) is 0.